The molecule has 1 fully saturated rings. The van der Waals surface area contributed by atoms with E-state index in [1.54, 1.807) is 13.8 Å². The van der Waals surface area contributed by atoms with Crippen LogP contribution in [0, 0.1) is 5.41 Å². The van der Waals surface area contributed by atoms with Crippen molar-refractivity contribution in [3.8, 4) is 0 Å². The molecule has 0 spiro atoms. The second kappa shape index (κ2) is 5.24. The summed E-state index contributed by atoms with van der Waals surface area (Å²) in [6, 6.07) is 0. The van der Waals surface area contributed by atoms with Gasteiger partial charge in [-0.15, -0.1) is 0 Å². The third-order valence-electron chi connectivity index (χ3n) is 3.76. The first-order valence-electron chi connectivity index (χ1n) is 5.96. The van der Waals surface area contributed by atoms with Gasteiger partial charge in [0.2, 0.25) is 5.91 Å². The molecule has 1 aliphatic carbocycles. The van der Waals surface area contributed by atoms with Crippen LogP contribution in [0.5, 0.6) is 0 Å². The predicted octanol–water partition coefficient (Wildman–Crippen LogP) is 0.407. The Bertz CT molecular complexity index is 341. The van der Waals surface area contributed by atoms with Crippen molar-refractivity contribution in [2.24, 2.45) is 5.41 Å². The molecule has 104 valence electrons. The summed E-state index contributed by atoms with van der Waals surface area (Å²) in [4.78, 5) is 23.1. The van der Waals surface area contributed by atoms with Gasteiger partial charge in [0, 0.05) is 25.6 Å². The minimum atomic E-state index is -1.28. The van der Waals surface area contributed by atoms with E-state index in [4.69, 9.17) is 9.47 Å². The van der Waals surface area contributed by atoms with Crippen LogP contribution in [0.1, 0.15) is 27.2 Å². The largest absolute Gasteiger partial charge is 0.479 e. The van der Waals surface area contributed by atoms with Gasteiger partial charge in [0.15, 0.2) is 0 Å². The third-order valence-corrected chi connectivity index (χ3v) is 3.76. The molecule has 0 aromatic carbocycles. The molecule has 0 aromatic rings. The number of carbonyl (C=O) groups is 2. The molecule has 0 bridgehead atoms. The highest BCUT2D eigenvalue weighted by Gasteiger charge is 2.66. The first-order chi connectivity index (χ1) is 8.31. The zero-order valence-corrected chi connectivity index (χ0v) is 11.3. The second-order valence-electron chi connectivity index (χ2n) is 5.06. The molecule has 2 unspecified atom stereocenters. The summed E-state index contributed by atoms with van der Waals surface area (Å²) < 4.78 is 10.2. The number of carboxylic acids is 1. The lowest BCUT2D eigenvalue weighted by Gasteiger charge is -2.58. The number of nitrogens with one attached hydrogen (secondary N) is 1. The van der Waals surface area contributed by atoms with Gasteiger partial charge in [-0.2, -0.15) is 0 Å². The SMILES string of the molecule is CCOC1CC(NC(=O)COC)(C(=O)O)C1(C)C. The number of ether oxygens (including phenoxy) is 2. The quantitative estimate of drug-likeness (QED) is 0.721. The van der Waals surface area contributed by atoms with Crippen LogP contribution in [0.2, 0.25) is 0 Å². The fraction of sp³-hybridized carbons (Fsp3) is 0.833. The topological polar surface area (TPSA) is 84.9 Å². The normalized spacial score (nSPS) is 29.4. The molecule has 18 heavy (non-hydrogen) atoms. The molecule has 1 saturated carbocycles. The van der Waals surface area contributed by atoms with E-state index in [1.165, 1.54) is 7.11 Å². The average molecular weight is 259 g/mol. The maximum Gasteiger partial charge on any atom is 0.330 e. The van der Waals surface area contributed by atoms with Crippen LogP contribution >= 0.6 is 0 Å². The molecule has 1 amide bonds. The van der Waals surface area contributed by atoms with Gasteiger partial charge in [-0.1, -0.05) is 13.8 Å². The van der Waals surface area contributed by atoms with Crippen molar-refractivity contribution < 1.29 is 24.2 Å². The first kappa shape index (κ1) is 14.9. The fourth-order valence-corrected chi connectivity index (χ4v) is 2.44. The average Bonchev–Trinajstić information content (AvgIpc) is 2.27. The Kier molecular flexibility index (Phi) is 4.34. The van der Waals surface area contributed by atoms with Crippen LogP contribution in [-0.4, -0.2) is 48.9 Å². The van der Waals surface area contributed by atoms with Crippen molar-refractivity contribution in [3.05, 3.63) is 0 Å². The maximum atomic E-state index is 11.6. The Balaban J connectivity index is 2.85. The van der Waals surface area contributed by atoms with Gasteiger partial charge < -0.3 is 19.9 Å². The smallest absolute Gasteiger partial charge is 0.330 e. The lowest BCUT2D eigenvalue weighted by molar-refractivity contribution is -0.195. The highest BCUT2D eigenvalue weighted by molar-refractivity contribution is 5.89. The van der Waals surface area contributed by atoms with Gasteiger partial charge in [0.05, 0.1) is 6.10 Å². The van der Waals surface area contributed by atoms with E-state index in [9.17, 15) is 14.7 Å². The Morgan fingerprint density at radius 2 is 2.06 bits per heavy atom. The molecule has 2 N–H and O–H groups in total. The number of amides is 1. The van der Waals surface area contributed by atoms with Gasteiger partial charge in [-0.3, -0.25) is 4.79 Å². The summed E-state index contributed by atoms with van der Waals surface area (Å²) in [5, 5.41) is 12.0. The van der Waals surface area contributed by atoms with Crippen LogP contribution in [0.3, 0.4) is 0 Å². The van der Waals surface area contributed by atoms with E-state index in [1.807, 2.05) is 6.92 Å². The number of carboxylic acid groups (broad SMARTS) is 1. The predicted molar refractivity (Wildman–Crippen MR) is 64.2 cm³/mol. The summed E-state index contributed by atoms with van der Waals surface area (Å²) in [6.45, 7) is 5.82. The fourth-order valence-electron chi connectivity index (χ4n) is 2.44. The minimum Gasteiger partial charge on any atom is -0.479 e. The van der Waals surface area contributed by atoms with E-state index < -0.39 is 22.8 Å². The molecule has 0 heterocycles. The van der Waals surface area contributed by atoms with E-state index >= 15 is 0 Å². The Hall–Kier alpha value is -1.14. The van der Waals surface area contributed by atoms with E-state index in [-0.39, 0.29) is 19.1 Å². The number of hydrogen-bond donors (Lipinski definition) is 2. The van der Waals surface area contributed by atoms with Gasteiger partial charge >= 0.3 is 5.97 Å². The molecule has 2 atom stereocenters. The van der Waals surface area contributed by atoms with E-state index in [0.717, 1.165) is 0 Å². The zero-order valence-electron chi connectivity index (χ0n) is 11.3. The molecule has 0 radical (unpaired) electrons. The van der Waals surface area contributed by atoms with Crippen LogP contribution < -0.4 is 5.32 Å². The summed E-state index contributed by atoms with van der Waals surface area (Å²) in [7, 11) is 1.39. The number of rotatable bonds is 6. The van der Waals surface area contributed by atoms with Crippen molar-refractivity contribution in [2.75, 3.05) is 20.3 Å². The van der Waals surface area contributed by atoms with Crippen LogP contribution in [0.4, 0.5) is 0 Å². The number of methoxy groups -OCH3 is 1. The molecule has 1 rings (SSSR count). The van der Waals surface area contributed by atoms with Gasteiger partial charge in [-0.05, 0) is 6.92 Å². The Morgan fingerprint density at radius 3 is 2.44 bits per heavy atom. The molecular weight excluding hydrogens is 238 g/mol. The molecule has 6 heteroatoms. The van der Waals surface area contributed by atoms with Crippen LogP contribution in [-0.2, 0) is 19.1 Å². The van der Waals surface area contributed by atoms with Crippen molar-refractivity contribution in [1.29, 1.82) is 0 Å². The number of aliphatic carboxylic acids is 1. The summed E-state index contributed by atoms with van der Waals surface area (Å²) in [6.07, 6.45) is 0.111. The number of carbonyl (C=O) groups excluding carboxylic acids is 1. The second-order valence-corrected chi connectivity index (χ2v) is 5.06. The molecular formula is C12H21NO5. The van der Waals surface area contributed by atoms with Crippen LogP contribution in [0.15, 0.2) is 0 Å². The summed E-state index contributed by atoms with van der Waals surface area (Å²) >= 11 is 0. The molecule has 0 aliphatic heterocycles. The highest BCUT2D eigenvalue weighted by Crippen LogP contribution is 2.51. The zero-order chi connectivity index (χ0) is 14.0. The lowest BCUT2D eigenvalue weighted by Crippen LogP contribution is -2.76. The monoisotopic (exact) mass is 259 g/mol. The van der Waals surface area contributed by atoms with Gasteiger partial charge in [-0.25, -0.2) is 4.79 Å². The standard InChI is InChI=1S/C12H21NO5/c1-5-18-8-6-12(10(15)16,11(8,2)3)13-9(14)7-17-4/h8H,5-7H2,1-4H3,(H,13,14)(H,15,16). The van der Waals surface area contributed by atoms with Crippen molar-refractivity contribution in [3.63, 3.8) is 0 Å². The molecule has 0 saturated heterocycles. The van der Waals surface area contributed by atoms with Crippen molar-refractivity contribution in [1.82, 2.24) is 5.32 Å². The maximum absolute atomic E-state index is 11.6. The Morgan fingerprint density at radius 1 is 1.44 bits per heavy atom. The van der Waals surface area contributed by atoms with Crippen molar-refractivity contribution in [2.45, 2.75) is 38.8 Å². The summed E-state index contributed by atoms with van der Waals surface area (Å²) in [5.74, 6) is -1.46. The third kappa shape index (κ3) is 2.22. The lowest BCUT2D eigenvalue weighted by atomic mass is 9.54. The van der Waals surface area contributed by atoms with Gasteiger partial charge in [0.25, 0.3) is 0 Å². The van der Waals surface area contributed by atoms with Crippen LogP contribution in [0.25, 0.3) is 0 Å². The van der Waals surface area contributed by atoms with E-state index in [2.05, 4.69) is 5.32 Å². The summed E-state index contributed by atoms with van der Waals surface area (Å²) in [5.41, 5.74) is -1.93. The first-order valence-corrected chi connectivity index (χ1v) is 5.96. The molecule has 6 nitrogen and oxygen atoms in total. The van der Waals surface area contributed by atoms with Gasteiger partial charge in [0.1, 0.15) is 12.1 Å². The van der Waals surface area contributed by atoms with Crippen molar-refractivity contribution >= 4 is 11.9 Å². The highest BCUT2D eigenvalue weighted by atomic mass is 16.5. The number of hydrogen-bond acceptors (Lipinski definition) is 4. The Labute approximate surface area is 107 Å². The molecule has 1 aliphatic rings. The molecule has 0 aromatic heterocycles. The minimum absolute atomic E-state index is 0.148. The van der Waals surface area contributed by atoms with E-state index in [0.29, 0.717) is 6.61 Å².